The Hall–Kier alpha value is -1.59. The van der Waals surface area contributed by atoms with Gasteiger partial charge in [0.25, 0.3) is 5.91 Å². The zero-order valence-corrected chi connectivity index (χ0v) is 16.4. The third-order valence-electron chi connectivity index (χ3n) is 4.92. The fourth-order valence-electron chi connectivity index (χ4n) is 2.72. The second-order valence-electron chi connectivity index (χ2n) is 7.55. The lowest BCUT2D eigenvalue weighted by Gasteiger charge is -2.30. The van der Waals surface area contributed by atoms with Crippen molar-refractivity contribution in [1.82, 2.24) is 4.90 Å². The molecule has 0 radical (unpaired) electrons. The molecule has 0 aromatic heterocycles. The number of carbonyl (C=O) groups is 2. The number of rotatable bonds is 4. The Morgan fingerprint density at radius 3 is 2.40 bits per heavy atom. The smallest absolute Gasteiger partial charge is 0.253 e. The van der Waals surface area contributed by atoms with Gasteiger partial charge in [-0.1, -0.05) is 6.92 Å². The lowest BCUT2D eigenvalue weighted by Crippen LogP contribution is -2.38. The molecule has 0 aliphatic carbocycles. The number of carbonyl (C=O) groups excluding carboxylic acids is 2. The Kier molecular flexibility index (Phi) is 7.44. The fraction of sp³-hybridized carbons (Fsp3) is 0.579. The molecule has 1 aliphatic heterocycles. The number of benzene rings is 1. The summed E-state index contributed by atoms with van der Waals surface area (Å²) in [5.41, 5.74) is 7.31. The number of piperidine rings is 1. The summed E-state index contributed by atoms with van der Waals surface area (Å²) in [5, 5.41) is 2.91. The van der Waals surface area contributed by atoms with E-state index in [4.69, 9.17) is 5.73 Å². The van der Waals surface area contributed by atoms with Crippen molar-refractivity contribution in [2.45, 2.75) is 40.5 Å². The highest BCUT2D eigenvalue weighted by atomic mass is 35.5. The van der Waals surface area contributed by atoms with Crippen molar-refractivity contribution in [2.24, 2.45) is 17.1 Å². The Bertz CT molecular complexity index is 623. The van der Waals surface area contributed by atoms with Crippen molar-refractivity contribution in [1.29, 1.82) is 0 Å². The van der Waals surface area contributed by atoms with E-state index in [9.17, 15) is 9.59 Å². The maximum Gasteiger partial charge on any atom is 0.253 e. The van der Waals surface area contributed by atoms with Crippen LogP contribution in [0, 0.1) is 18.3 Å². The van der Waals surface area contributed by atoms with Crippen LogP contribution < -0.4 is 11.1 Å². The Balaban J connectivity index is 0.00000312. The van der Waals surface area contributed by atoms with Gasteiger partial charge in [-0.3, -0.25) is 9.59 Å². The predicted octanol–water partition coefficient (Wildman–Crippen LogP) is 3.21. The van der Waals surface area contributed by atoms with Crippen molar-refractivity contribution in [3.63, 3.8) is 0 Å². The molecule has 1 heterocycles. The van der Waals surface area contributed by atoms with Gasteiger partial charge in [-0.2, -0.15) is 0 Å². The molecule has 0 bridgehead atoms. The van der Waals surface area contributed by atoms with Gasteiger partial charge in [-0.25, -0.2) is 0 Å². The van der Waals surface area contributed by atoms with Gasteiger partial charge in [0.05, 0.1) is 5.41 Å². The summed E-state index contributed by atoms with van der Waals surface area (Å²) in [4.78, 5) is 26.8. The molecular weight excluding hydrogens is 338 g/mol. The minimum atomic E-state index is -0.620. The minimum absolute atomic E-state index is 0. The Morgan fingerprint density at radius 2 is 1.88 bits per heavy atom. The molecular formula is C19H30ClN3O2. The molecule has 0 unspecified atom stereocenters. The quantitative estimate of drug-likeness (QED) is 0.857. The van der Waals surface area contributed by atoms with E-state index in [0.29, 0.717) is 11.5 Å². The highest BCUT2D eigenvalue weighted by molar-refractivity contribution is 5.98. The SMILES string of the molecule is Cc1cc(C(=O)N2CCC(C)CC2)ccc1NC(=O)C(C)(C)CN.Cl. The van der Waals surface area contributed by atoms with Crippen LogP contribution in [0.3, 0.4) is 0 Å². The normalized spacial score (nSPS) is 15.5. The molecule has 1 aromatic rings. The zero-order valence-electron chi connectivity index (χ0n) is 15.6. The van der Waals surface area contributed by atoms with E-state index < -0.39 is 5.41 Å². The van der Waals surface area contributed by atoms with Gasteiger partial charge in [0.2, 0.25) is 5.91 Å². The van der Waals surface area contributed by atoms with Crippen molar-refractivity contribution < 1.29 is 9.59 Å². The number of hydrogen-bond acceptors (Lipinski definition) is 3. The molecule has 1 aromatic carbocycles. The summed E-state index contributed by atoms with van der Waals surface area (Å²) in [5.74, 6) is 0.654. The lowest BCUT2D eigenvalue weighted by molar-refractivity contribution is -0.123. The fourth-order valence-corrected chi connectivity index (χ4v) is 2.72. The third kappa shape index (κ3) is 5.19. The van der Waals surface area contributed by atoms with E-state index in [0.717, 1.165) is 37.2 Å². The molecule has 0 saturated carbocycles. The Labute approximate surface area is 156 Å². The molecule has 1 saturated heterocycles. The van der Waals surface area contributed by atoms with E-state index in [2.05, 4.69) is 12.2 Å². The number of amides is 2. The van der Waals surface area contributed by atoms with Crippen LogP contribution in [0.4, 0.5) is 5.69 Å². The van der Waals surface area contributed by atoms with Crippen LogP contribution in [-0.2, 0) is 4.79 Å². The van der Waals surface area contributed by atoms with E-state index in [1.807, 2.05) is 31.7 Å². The highest BCUT2D eigenvalue weighted by Gasteiger charge is 2.26. The van der Waals surface area contributed by atoms with Crippen molar-refractivity contribution in [2.75, 3.05) is 25.0 Å². The lowest BCUT2D eigenvalue weighted by atomic mass is 9.92. The summed E-state index contributed by atoms with van der Waals surface area (Å²) >= 11 is 0. The zero-order chi connectivity index (χ0) is 17.9. The average molecular weight is 368 g/mol. The number of anilines is 1. The van der Waals surface area contributed by atoms with Gasteiger partial charge in [-0.05, 0) is 63.3 Å². The number of likely N-dealkylation sites (tertiary alicyclic amines) is 1. The van der Waals surface area contributed by atoms with Crippen LogP contribution in [-0.4, -0.2) is 36.3 Å². The third-order valence-corrected chi connectivity index (χ3v) is 4.92. The van der Waals surface area contributed by atoms with E-state index in [-0.39, 0.29) is 30.8 Å². The largest absolute Gasteiger partial charge is 0.339 e. The first kappa shape index (κ1) is 21.5. The van der Waals surface area contributed by atoms with Crippen LogP contribution in [0.25, 0.3) is 0 Å². The molecule has 140 valence electrons. The molecule has 1 aliphatic rings. The molecule has 0 spiro atoms. The molecule has 2 amide bonds. The highest BCUT2D eigenvalue weighted by Crippen LogP contribution is 2.23. The molecule has 2 rings (SSSR count). The van der Waals surface area contributed by atoms with Gasteiger partial charge < -0.3 is 16.0 Å². The number of aryl methyl sites for hydroxylation is 1. The predicted molar refractivity (Wildman–Crippen MR) is 104 cm³/mol. The first-order chi connectivity index (χ1) is 11.2. The maximum absolute atomic E-state index is 12.6. The molecule has 3 N–H and O–H groups in total. The van der Waals surface area contributed by atoms with Gasteiger partial charge in [0, 0.05) is 30.9 Å². The second-order valence-corrected chi connectivity index (χ2v) is 7.55. The topological polar surface area (TPSA) is 75.4 Å². The number of hydrogen-bond donors (Lipinski definition) is 2. The molecule has 1 fully saturated rings. The molecule has 25 heavy (non-hydrogen) atoms. The van der Waals surface area contributed by atoms with E-state index >= 15 is 0 Å². The minimum Gasteiger partial charge on any atom is -0.339 e. The summed E-state index contributed by atoms with van der Waals surface area (Å²) in [6, 6.07) is 5.45. The maximum atomic E-state index is 12.6. The molecule has 0 atom stereocenters. The second kappa shape index (κ2) is 8.68. The summed E-state index contributed by atoms with van der Waals surface area (Å²) in [6.45, 7) is 9.68. The summed E-state index contributed by atoms with van der Waals surface area (Å²) in [6.07, 6.45) is 2.13. The number of nitrogens with zero attached hydrogens (tertiary/aromatic N) is 1. The van der Waals surface area contributed by atoms with Gasteiger partial charge in [-0.15, -0.1) is 12.4 Å². The average Bonchev–Trinajstić information content (AvgIpc) is 2.56. The van der Waals surface area contributed by atoms with Crippen LogP contribution in [0.15, 0.2) is 18.2 Å². The van der Waals surface area contributed by atoms with Crippen molar-refractivity contribution in [3.05, 3.63) is 29.3 Å². The van der Waals surface area contributed by atoms with Gasteiger partial charge in [0.1, 0.15) is 0 Å². The van der Waals surface area contributed by atoms with Crippen LogP contribution >= 0.6 is 12.4 Å². The monoisotopic (exact) mass is 367 g/mol. The number of nitrogens with two attached hydrogens (primary N) is 1. The van der Waals surface area contributed by atoms with Crippen molar-refractivity contribution >= 4 is 29.9 Å². The summed E-state index contributed by atoms with van der Waals surface area (Å²) < 4.78 is 0. The van der Waals surface area contributed by atoms with Crippen LogP contribution in [0.5, 0.6) is 0 Å². The number of halogens is 1. The van der Waals surface area contributed by atoms with Gasteiger partial charge in [0.15, 0.2) is 0 Å². The standard InChI is InChI=1S/C19H29N3O2.ClH/c1-13-7-9-22(10-8-13)17(23)15-5-6-16(14(2)11-15)21-18(24)19(3,4)12-20;/h5-6,11,13H,7-10,12,20H2,1-4H3,(H,21,24);1H. The summed E-state index contributed by atoms with van der Waals surface area (Å²) in [7, 11) is 0. The van der Waals surface area contributed by atoms with E-state index in [1.54, 1.807) is 12.1 Å². The van der Waals surface area contributed by atoms with Crippen LogP contribution in [0.1, 0.15) is 49.5 Å². The first-order valence-electron chi connectivity index (χ1n) is 8.66. The van der Waals surface area contributed by atoms with Crippen LogP contribution in [0.2, 0.25) is 0 Å². The van der Waals surface area contributed by atoms with E-state index in [1.165, 1.54) is 0 Å². The van der Waals surface area contributed by atoms with Gasteiger partial charge >= 0.3 is 0 Å². The first-order valence-corrected chi connectivity index (χ1v) is 8.66. The molecule has 5 nitrogen and oxygen atoms in total. The molecule has 6 heteroatoms. The van der Waals surface area contributed by atoms with Crippen molar-refractivity contribution in [3.8, 4) is 0 Å². The number of nitrogens with one attached hydrogen (secondary N) is 1. The Morgan fingerprint density at radius 1 is 1.28 bits per heavy atom.